The van der Waals surface area contributed by atoms with Crippen molar-refractivity contribution < 1.29 is 0 Å². The number of allylic oxidation sites excluding steroid dienone is 5. The van der Waals surface area contributed by atoms with Crippen molar-refractivity contribution in [2.45, 2.75) is 0 Å². The molecule has 0 aromatic rings. The molecular formula is C7H6BrN. The maximum absolute atomic E-state index is 4.00. The lowest BCUT2D eigenvalue weighted by Crippen LogP contribution is -1.68. The van der Waals surface area contributed by atoms with Crippen LogP contribution >= 0.6 is 15.9 Å². The predicted molar refractivity (Wildman–Crippen MR) is 43.8 cm³/mol. The van der Waals surface area contributed by atoms with Crippen molar-refractivity contribution in [2.24, 2.45) is 4.99 Å². The minimum atomic E-state index is 0.850. The van der Waals surface area contributed by atoms with Gasteiger partial charge < -0.3 is 0 Å². The number of hydrogen-bond donors (Lipinski definition) is 0. The molecule has 9 heavy (non-hydrogen) atoms. The van der Waals surface area contributed by atoms with Gasteiger partial charge in [0.2, 0.25) is 0 Å². The molecule has 1 rings (SSSR count). The van der Waals surface area contributed by atoms with Gasteiger partial charge in [0.05, 0.1) is 0 Å². The van der Waals surface area contributed by atoms with E-state index >= 15 is 0 Å². The average molecular weight is 184 g/mol. The highest BCUT2D eigenvalue weighted by molar-refractivity contribution is 9.11. The summed E-state index contributed by atoms with van der Waals surface area (Å²) < 4.78 is 0.850. The third-order valence-corrected chi connectivity index (χ3v) is 1.32. The Hall–Kier alpha value is -0.630. The Morgan fingerprint density at radius 1 is 1.11 bits per heavy atom. The number of halogens is 1. The first-order valence-corrected chi connectivity index (χ1v) is 3.42. The zero-order chi connectivity index (χ0) is 6.53. The molecule has 0 aromatic carbocycles. The molecule has 0 amide bonds. The summed E-state index contributed by atoms with van der Waals surface area (Å²) in [6, 6.07) is 0. The summed E-state index contributed by atoms with van der Waals surface area (Å²) in [5, 5.41) is 0. The highest BCUT2D eigenvalue weighted by Gasteiger charge is 1.80. The second-order valence-corrected chi connectivity index (χ2v) is 2.35. The monoisotopic (exact) mass is 183 g/mol. The van der Waals surface area contributed by atoms with Crippen molar-refractivity contribution in [3.8, 4) is 0 Å². The van der Waals surface area contributed by atoms with E-state index in [2.05, 4.69) is 20.9 Å². The van der Waals surface area contributed by atoms with Gasteiger partial charge in [0, 0.05) is 6.21 Å². The maximum Gasteiger partial charge on any atom is 0.106 e. The van der Waals surface area contributed by atoms with Gasteiger partial charge in [-0.2, -0.15) is 0 Å². The number of hydrogen-bond acceptors (Lipinski definition) is 1. The lowest BCUT2D eigenvalue weighted by Gasteiger charge is -1.85. The number of rotatable bonds is 0. The molecule has 2 heteroatoms. The highest BCUT2D eigenvalue weighted by Crippen LogP contribution is 2.06. The van der Waals surface area contributed by atoms with Crippen molar-refractivity contribution in [1.29, 1.82) is 0 Å². The topological polar surface area (TPSA) is 12.4 Å². The first kappa shape index (κ1) is 6.49. The maximum atomic E-state index is 4.00. The number of nitrogens with zero attached hydrogens (tertiary/aromatic N) is 1. The second kappa shape index (κ2) is 3.41. The summed E-state index contributed by atoms with van der Waals surface area (Å²) >= 11 is 3.25. The minimum absolute atomic E-state index is 0.850. The summed E-state index contributed by atoms with van der Waals surface area (Å²) in [7, 11) is 0. The van der Waals surface area contributed by atoms with Crippen LogP contribution in [0.3, 0.4) is 0 Å². The summed E-state index contributed by atoms with van der Waals surface area (Å²) in [4.78, 5) is 4.00. The second-order valence-electron chi connectivity index (χ2n) is 1.54. The summed E-state index contributed by atoms with van der Waals surface area (Å²) in [6.45, 7) is 0. The molecular weight excluding hydrogens is 178 g/mol. The van der Waals surface area contributed by atoms with Crippen LogP contribution in [-0.2, 0) is 0 Å². The third-order valence-electron chi connectivity index (χ3n) is 0.851. The first-order chi connectivity index (χ1) is 4.39. The van der Waals surface area contributed by atoms with Crippen molar-refractivity contribution in [3.63, 3.8) is 0 Å². The molecule has 0 unspecified atom stereocenters. The SMILES string of the molecule is BrC1=C/C=C/C=C\C=N1. The van der Waals surface area contributed by atoms with Gasteiger partial charge in [0.25, 0.3) is 0 Å². The van der Waals surface area contributed by atoms with Gasteiger partial charge in [-0.25, -0.2) is 4.99 Å². The van der Waals surface area contributed by atoms with Crippen molar-refractivity contribution >= 4 is 22.1 Å². The van der Waals surface area contributed by atoms with E-state index in [0.29, 0.717) is 0 Å². The average Bonchev–Trinajstić information content (AvgIpc) is 1.79. The summed E-state index contributed by atoms with van der Waals surface area (Å²) in [5.74, 6) is 0. The third kappa shape index (κ3) is 2.42. The zero-order valence-electron chi connectivity index (χ0n) is 4.79. The highest BCUT2D eigenvalue weighted by atomic mass is 79.9. The molecule has 0 saturated carbocycles. The molecule has 0 radical (unpaired) electrons. The molecule has 0 fully saturated rings. The van der Waals surface area contributed by atoms with E-state index in [1.165, 1.54) is 0 Å². The molecule has 46 valence electrons. The van der Waals surface area contributed by atoms with E-state index in [0.717, 1.165) is 4.61 Å². The molecule has 0 atom stereocenters. The van der Waals surface area contributed by atoms with E-state index in [4.69, 9.17) is 0 Å². The fourth-order valence-electron chi connectivity index (χ4n) is 0.470. The van der Waals surface area contributed by atoms with Crippen LogP contribution in [0.1, 0.15) is 0 Å². The molecule has 1 aliphatic heterocycles. The molecule has 1 heterocycles. The van der Waals surface area contributed by atoms with Crippen LogP contribution < -0.4 is 0 Å². The standard InChI is InChI=1S/C7H6BrN/c8-7-5-3-1-2-4-6-9-7/h1-6H/b2-1?,3-1+,4-2-,5-3?,6-4?,7-5?,9-6?,9-7?. The Morgan fingerprint density at radius 2 is 1.89 bits per heavy atom. The molecule has 0 saturated heterocycles. The van der Waals surface area contributed by atoms with Crippen LogP contribution in [0.2, 0.25) is 0 Å². The van der Waals surface area contributed by atoms with E-state index in [1.54, 1.807) is 6.21 Å². The van der Waals surface area contributed by atoms with Gasteiger partial charge in [-0.1, -0.05) is 18.2 Å². The quantitative estimate of drug-likeness (QED) is 0.512. The molecule has 1 nitrogen and oxygen atoms in total. The fourth-order valence-corrected chi connectivity index (χ4v) is 0.741. The Kier molecular flexibility index (Phi) is 2.46. The lowest BCUT2D eigenvalue weighted by atomic mass is 10.4. The van der Waals surface area contributed by atoms with Crippen LogP contribution in [-0.4, -0.2) is 6.21 Å². The van der Waals surface area contributed by atoms with Gasteiger partial charge in [-0.3, -0.25) is 0 Å². The Labute approximate surface area is 62.6 Å². The first-order valence-electron chi connectivity index (χ1n) is 2.63. The normalized spacial score (nSPS) is 23.9. The molecule has 0 spiro atoms. The van der Waals surface area contributed by atoms with Crippen LogP contribution in [0.15, 0.2) is 40.0 Å². The van der Waals surface area contributed by atoms with Crippen molar-refractivity contribution in [2.75, 3.05) is 0 Å². The van der Waals surface area contributed by atoms with E-state index in [1.807, 2.05) is 30.4 Å². The molecule has 0 N–H and O–H groups in total. The van der Waals surface area contributed by atoms with Crippen LogP contribution in [0, 0.1) is 0 Å². The Balaban J connectivity index is 2.77. The Bertz CT molecular complexity index is 199. The van der Waals surface area contributed by atoms with E-state index < -0.39 is 0 Å². The zero-order valence-corrected chi connectivity index (χ0v) is 6.38. The summed E-state index contributed by atoms with van der Waals surface area (Å²) in [5.41, 5.74) is 0. The van der Waals surface area contributed by atoms with Crippen LogP contribution in [0.5, 0.6) is 0 Å². The van der Waals surface area contributed by atoms with Gasteiger partial charge in [-0.15, -0.1) is 0 Å². The minimum Gasteiger partial charge on any atom is -0.249 e. The van der Waals surface area contributed by atoms with Gasteiger partial charge in [-0.05, 0) is 28.1 Å². The molecule has 0 aromatic heterocycles. The molecule has 0 bridgehead atoms. The number of aliphatic imine (C=N–C) groups is 1. The predicted octanol–water partition coefficient (Wildman–Crippen LogP) is 2.42. The van der Waals surface area contributed by atoms with Crippen LogP contribution in [0.4, 0.5) is 0 Å². The largest absolute Gasteiger partial charge is 0.249 e. The molecule has 0 aliphatic carbocycles. The Morgan fingerprint density at radius 3 is 2.78 bits per heavy atom. The van der Waals surface area contributed by atoms with Gasteiger partial charge >= 0.3 is 0 Å². The van der Waals surface area contributed by atoms with Crippen molar-refractivity contribution in [1.82, 2.24) is 0 Å². The van der Waals surface area contributed by atoms with Crippen molar-refractivity contribution in [3.05, 3.63) is 35.0 Å². The van der Waals surface area contributed by atoms with E-state index in [9.17, 15) is 0 Å². The van der Waals surface area contributed by atoms with Gasteiger partial charge in [0.15, 0.2) is 0 Å². The van der Waals surface area contributed by atoms with Crippen LogP contribution in [0.25, 0.3) is 0 Å². The fraction of sp³-hybridized carbons (Fsp3) is 0. The summed E-state index contributed by atoms with van der Waals surface area (Å²) in [6.07, 6.45) is 11.3. The molecule has 1 aliphatic rings. The van der Waals surface area contributed by atoms with E-state index in [-0.39, 0.29) is 0 Å². The lowest BCUT2D eigenvalue weighted by molar-refractivity contribution is 1.55. The smallest absolute Gasteiger partial charge is 0.106 e. The van der Waals surface area contributed by atoms with Gasteiger partial charge in [0.1, 0.15) is 4.61 Å².